The van der Waals surface area contributed by atoms with E-state index in [9.17, 15) is 4.79 Å². The lowest BCUT2D eigenvalue weighted by Crippen LogP contribution is -2.60. The van der Waals surface area contributed by atoms with Gasteiger partial charge in [0.1, 0.15) is 0 Å². The second kappa shape index (κ2) is 3.54. The molecule has 1 saturated heterocycles. The maximum atomic E-state index is 12.0. The molecular formula is C11H20N2O. The Morgan fingerprint density at radius 2 is 2.00 bits per heavy atom. The zero-order chi connectivity index (χ0) is 10.2. The van der Waals surface area contributed by atoms with Gasteiger partial charge in [0.15, 0.2) is 0 Å². The summed E-state index contributed by atoms with van der Waals surface area (Å²) in [7, 11) is 0. The van der Waals surface area contributed by atoms with Gasteiger partial charge in [-0.1, -0.05) is 20.3 Å². The molecule has 2 rings (SSSR count). The molecule has 2 fully saturated rings. The number of carbonyl (C=O) groups excluding carboxylic acids is 1. The van der Waals surface area contributed by atoms with Gasteiger partial charge in [0.05, 0.1) is 6.04 Å². The van der Waals surface area contributed by atoms with Gasteiger partial charge in [0, 0.05) is 18.5 Å². The highest BCUT2D eigenvalue weighted by Gasteiger charge is 2.40. The summed E-state index contributed by atoms with van der Waals surface area (Å²) in [5.74, 6) is 0.851. The molecule has 0 radical (unpaired) electrons. The molecule has 1 aliphatic heterocycles. The Balaban J connectivity index is 1.87. The first-order valence-electron chi connectivity index (χ1n) is 5.62. The van der Waals surface area contributed by atoms with Crippen molar-refractivity contribution < 1.29 is 4.79 Å². The van der Waals surface area contributed by atoms with E-state index in [1.807, 2.05) is 0 Å². The SMILES string of the molecule is CC(C)(C(=O)NC1CNC1)C1CCC1. The molecule has 3 heteroatoms. The van der Waals surface area contributed by atoms with Gasteiger partial charge >= 0.3 is 0 Å². The van der Waals surface area contributed by atoms with Crippen LogP contribution in [0.3, 0.4) is 0 Å². The van der Waals surface area contributed by atoms with Gasteiger partial charge in [-0.3, -0.25) is 4.79 Å². The third-order valence-corrected chi connectivity index (χ3v) is 3.83. The minimum atomic E-state index is -0.159. The Bertz CT molecular complexity index is 229. The minimum absolute atomic E-state index is 0.159. The molecule has 1 saturated carbocycles. The fraction of sp³-hybridized carbons (Fsp3) is 0.909. The lowest BCUT2D eigenvalue weighted by Gasteiger charge is -2.41. The van der Waals surface area contributed by atoms with E-state index in [4.69, 9.17) is 0 Å². The number of carbonyl (C=O) groups is 1. The van der Waals surface area contributed by atoms with E-state index in [0.29, 0.717) is 12.0 Å². The van der Waals surface area contributed by atoms with Crippen molar-refractivity contribution in [3.8, 4) is 0 Å². The van der Waals surface area contributed by atoms with Gasteiger partial charge in [-0.05, 0) is 18.8 Å². The molecule has 0 aromatic heterocycles. The van der Waals surface area contributed by atoms with Gasteiger partial charge in [0.25, 0.3) is 0 Å². The molecule has 1 heterocycles. The molecular weight excluding hydrogens is 176 g/mol. The molecule has 0 spiro atoms. The van der Waals surface area contributed by atoms with Gasteiger partial charge in [0.2, 0.25) is 5.91 Å². The lowest BCUT2D eigenvalue weighted by atomic mass is 9.67. The van der Waals surface area contributed by atoms with Gasteiger partial charge < -0.3 is 10.6 Å². The third-order valence-electron chi connectivity index (χ3n) is 3.83. The Labute approximate surface area is 85.6 Å². The molecule has 0 aromatic carbocycles. The largest absolute Gasteiger partial charge is 0.350 e. The smallest absolute Gasteiger partial charge is 0.226 e. The predicted molar refractivity (Wildman–Crippen MR) is 55.9 cm³/mol. The Kier molecular flexibility index (Phi) is 2.52. The van der Waals surface area contributed by atoms with E-state index in [1.165, 1.54) is 19.3 Å². The summed E-state index contributed by atoms with van der Waals surface area (Å²) in [6, 6.07) is 0.377. The van der Waals surface area contributed by atoms with Crippen molar-refractivity contribution in [3.05, 3.63) is 0 Å². The third kappa shape index (κ3) is 1.65. The van der Waals surface area contributed by atoms with Crippen molar-refractivity contribution in [2.24, 2.45) is 11.3 Å². The lowest BCUT2D eigenvalue weighted by molar-refractivity contribution is -0.135. The molecule has 14 heavy (non-hydrogen) atoms. The van der Waals surface area contributed by atoms with Crippen LogP contribution in [0.15, 0.2) is 0 Å². The summed E-state index contributed by atoms with van der Waals surface area (Å²) < 4.78 is 0. The highest BCUT2D eigenvalue weighted by molar-refractivity contribution is 5.82. The van der Waals surface area contributed by atoms with E-state index in [1.54, 1.807) is 0 Å². The first kappa shape index (κ1) is 9.97. The van der Waals surface area contributed by atoms with Crippen molar-refractivity contribution in [1.82, 2.24) is 10.6 Å². The van der Waals surface area contributed by atoms with E-state index < -0.39 is 0 Å². The molecule has 80 valence electrons. The van der Waals surface area contributed by atoms with Crippen LogP contribution in [0.4, 0.5) is 0 Å². The van der Waals surface area contributed by atoms with E-state index in [-0.39, 0.29) is 11.3 Å². The highest BCUT2D eigenvalue weighted by Crippen LogP contribution is 2.41. The van der Waals surface area contributed by atoms with Crippen molar-refractivity contribution in [1.29, 1.82) is 0 Å². The van der Waals surface area contributed by atoms with Crippen LogP contribution < -0.4 is 10.6 Å². The van der Waals surface area contributed by atoms with Crippen LogP contribution in [0, 0.1) is 11.3 Å². The van der Waals surface area contributed by atoms with Crippen LogP contribution in [0.1, 0.15) is 33.1 Å². The van der Waals surface area contributed by atoms with E-state index >= 15 is 0 Å². The Morgan fingerprint density at radius 1 is 1.36 bits per heavy atom. The molecule has 3 nitrogen and oxygen atoms in total. The maximum absolute atomic E-state index is 12.0. The second-order valence-corrected chi connectivity index (χ2v) is 5.18. The van der Waals surface area contributed by atoms with Crippen LogP contribution in [-0.2, 0) is 4.79 Å². The summed E-state index contributed by atoms with van der Waals surface area (Å²) in [5, 5.41) is 6.26. The Hall–Kier alpha value is -0.570. The number of hydrogen-bond acceptors (Lipinski definition) is 2. The molecule has 2 aliphatic rings. The number of rotatable bonds is 3. The normalized spacial score (nSPS) is 23.9. The van der Waals surface area contributed by atoms with Crippen molar-refractivity contribution in [2.75, 3.05) is 13.1 Å². The standard InChI is InChI=1S/C11H20N2O/c1-11(2,8-4-3-5-8)10(14)13-9-6-12-7-9/h8-9,12H,3-7H2,1-2H3,(H,13,14). The first-order valence-corrected chi connectivity index (χ1v) is 5.62. The summed E-state index contributed by atoms with van der Waals surface area (Å²) in [4.78, 5) is 12.0. The summed E-state index contributed by atoms with van der Waals surface area (Å²) in [6.07, 6.45) is 3.75. The second-order valence-electron chi connectivity index (χ2n) is 5.18. The molecule has 1 amide bonds. The van der Waals surface area contributed by atoms with Crippen LogP contribution >= 0.6 is 0 Å². The van der Waals surface area contributed by atoms with Crippen molar-refractivity contribution in [2.45, 2.75) is 39.2 Å². The quantitative estimate of drug-likeness (QED) is 0.704. The van der Waals surface area contributed by atoms with E-state index in [0.717, 1.165) is 13.1 Å². The molecule has 0 bridgehead atoms. The summed E-state index contributed by atoms with van der Waals surface area (Å²) >= 11 is 0. The Morgan fingerprint density at radius 3 is 2.36 bits per heavy atom. The van der Waals surface area contributed by atoms with Gasteiger partial charge in [-0.25, -0.2) is 0 Å². The first-order chi connectivity index (χ1) is 6.60. The number of nitrogens with one attached hydrogen (secondary N) is 2. The van der Waals surface area contributed by atoms with Gasteiger partial charge in [-0.15, -0.1) is 0 Å². The number of amides is 1. The highest BCUT2D eigenvalue weighted by atomic mass is 16.2. The summed E-state index contributed by atoms with van der Waals surface area (Å²) in [6.45, 7) is 6.04. The van der Waals surface area contributed by atoms with Crippen LogP contribution in [-0.4, -0.2) is 25.0 Å². The van der Waals surface area contributed by atoms with Crippen LogP contribution in [0.25, 0.3) is 0 Å². The van der Waals surface area contributed by atoms with Crippen molar-refractivity contribution >= 4 is 5.91 Å². The predicted octanol–water partition coefficient (Wildman–Crippen LogP) is 0.901. The zero-order valence-corrected chi connectivity index (χ0v) is 9.10. The molecule has 0 atom stereocenters. The fourth-order valence-corrected chi connectivity index (χ4v) is 2.08. The van der Waals surface area contributed by atoms with Crippen molar-refractivity contribution in [3.63, 3.8) is 0 Å². The molecule has 0 aromatic rings. The maximum Gasteiger partial charge on any atom is 0.226 e. The minimum Gasteiger partial charge on any atom is -0.350 e. The van der Waals surface area contributed by atoms with Crippen LogP contribution in [0.2, 0.25) is 0 Å². The molecule has 1 aliphatic carbocycles. The van der Waals surface area contributed by atoms with Gasteiger partial charge in [-0.2, -0.15) is 0 Å². The average Bonchev–Trinajstić information content (AvgIpc) is 1.91. The monoisotopic (exact) mass is 196 g/mol. The topological polar surface area (TPSA) is 41.1 Å². The van der Waals surface area contributed by atoms with E-state index in [2.05, 4.69) is 24.5 Å². The number of hydrogen-bond donors (Lipinski definition) is 2. The zero-order valence-electron chi connectivity index (χ0n) is 9.10. The summed E-state index contributed by atoms with van der Waals surface area (Å²) in [5.41, 5.74) is -0.159. The average molecular weight is 196 g/mol. The molecule has 0 unspecified atom stereocenters. The fourth-order valence-electron chi connectivity index (χ4n) is 2.08. The molecule has 2 N–H and O–H groups in total. The van der Waals surface area contributed by atoms with Crippen LogP contribution in [0.5, 0.6) is 0 Å².